The van der Waals surface area contributed by atoms with Crippen LogP contribution in [0.2, 0.25) is 0 Å². The van der Waals surface area contributed by atoms with Gasteiger partial charge in [0.1, 0.15) is 17.2 Å². The van der Waals surface area contributed by atoms with E-state index in [1.54, 1.807) is 36.7 Å². The predicted molar refractivity (Wildman–Crippen MR) is 75.3 cm³/mol. The number of primary amides is 1. The van der Waals surface area contributed by atoms with Crippen molar-refractivity contribution in [3.05, 3.63) is 59.9 Å². The van der Waals surface area contributed by atoms with Gasteiger partial charge in [-0.2, -0.15) is 0 Å². The molecule has 0 aliphatic heterocycles. The molecular weight excluding hydrogens is 292 g/mol. The third-order valence-electron chi connectivity index (χ3n) is 2.57. The maximum Gasteiger partial charge on any atom is 0.249 e. The molecule has 0 atom stereocenters. The Morgan fingerprint density at radius 3 is 1.95 bits per heavy atom. The molecule has 1 amide bonds. The van der Waals surface area contributed by atoms with Crippen molar-refractivity contribution in [1.82, 2.24) is 0 Å². The van der Waals surface area contributed by atoms with Gasteiger partial charge >= 0.3 is 0 Å². The fourth-order valence-electron chi connectivity index (χ4n) is 1.37. The number of aryl methyl sites for hydroxylation is 2. The van der Waals surface area contributed by atoms with Crippen LogP contribution < -0.4 is 10.3 Å². The number of pyridine rings is 1. The lowest BCUT2D eigenvalue weighted by Crippen LogP contribution is -2.27. The molecular formula is C14H16N2O4S. The first-order valence-electron chi connectivity index (χ1n) is 5.98. The zero-order valence-electron chi connectivity index (χ0n) is 11.7. The van der Waals surface area contributed by atoms with Crippen molar-refractivity contribution in [1.29, 1.82) is 0 Å². The van der Waals surface area contributed by atoms with Gasteiger partial charge in [0.2, 0.25) is 5.91 Å². The average Bonchev–Trinajstić information content (AvgIpc) is 2.39. The van der Waals surface area contributed by atoms with Crippen molar-refractivity contribution in [2.45, 2.75) is 11.8 Å². The van der Waals surface area contributed by atoms with E-state index in [0.29, 0.717) is 5.56 Å². The molecule has 2 rings (SSSR count). The van der Waals surface area contributed by atoms with Gasteiger partial charge in [-0.1, -0.05) is 17.7 Å². The Kier molecular flexibility index (Phi) is 5.57. The fourth-order valence-corrected chi connectivity index (χ4v) is 1.84. The number of carbonyl (C=O) groups excluding carboxylic acids is 1. The highest BCUT2D eigenvalue weighted by atomic mass is 32.2. The minimum atomic E-state index is -4.27. The highest BCUT2D eigenvalue weighted by Crippen LogP contribution is 2.08. The zero-order chi connectivity index (χ0) is 16.0. The van der Waals surface area contributed by atoms with Crippen molar-refractivity contribution in [3.63, 3.8) is 0 Å². The van der Waals surface area contributed by atoms with Gasteiger partial charge in [-0.15, -0.1) is 0 Å². The number of rotatable bonds is 2. The number of benzene rings is 1. The maximum absolute atomic E-state index is 10.5. The second-order valence-corrected chi connectivity index (χ2v) is 5.76. The van der Waals surface area contributed by atoms with Crippen LogP contribution in [-0.4, -0.2) is 18.9 Å². The van der Waals surface area contributed by atoms with Gasteiger partial charge in [-0.25, -0.2) is 13.0 Å². The number of hydrogen-bond acceptors (Lipinski definition) is 4. The van der Waals surface area contributed by atoms with E-state index in [2.05, 4.69) is 0 Å². The minimum Gasteiger partial charge on any atom is -0.744 e. The van der Waals surface area contributed by atoms with Gasteiger partial charge in [0, 0.05) is 12.1 Å². The molecule has 2 aromatic rings. The van der Waals surface area contributed by atoms with E-state index in [-0.39, 0.29) is 10.8 Å². The lowest BCUT2D eigenvalue weighted by molar-refractivity contribution is -0.671. The molecule has 0 unspecified atom stereocenters. The summed E-state index contributed by atoms with van der Waals surface area (Å²) < 4.78 is 33.0. The molecule has 0 fully saturated rings. The molecule has 21 heavy (non-hydrogen) atoms. The lowest BCUT2D eigenvalue weighted by Gasteiger charge is -2.05. The van der Waals surface area contributed by atoms with Crippen LogP contribution in [0, 0.1) is 6.92 Å². The van der Waals surface area contributed by atoms with Crippen LogP contribution >= 0.6 is 0 Å². The third kappa shape index (κ3) is 5.72. The molecule has 0 spiro atoms. The molecule has 1 heterocycles. The normalized spacial score (nSPS) is 10.4. The Hall–Kier alpha value is -2.25. The Bertz CT molecular complexity index is 708. The molecule has 2 N–H and O–H groups in total. The third-order valence-corrected chi connectivity index (χ3v) is 3.42. The Morgan fingerprint density at radius 1 is 1.10 bits per heavy atom. The molecule has 112 valence electrons. The summed E-state index contributed by atoms with van der Waals surface area (Å²) in [5, 5.41) is 0. The van der Waals surface area contributed by atoms with E-state index in [0.717, 1.165) is 5.56 Å². The SMILES string of the molecule is C[n+]1ccc(C(N)=O)cc1.Cc1ccc(S(=O)(=O)[O-])cc1. The lowest BCUT2D eigenvalue weighted by atomic mass is 10.2. The summed E-state index contributed by atoms with van der Waals surface area (Å²) in [6, 6.07) is 9.15. The first-order valence-corrected chi connectivity index (χ1v) is 7.38. The monoisotopic (exact) mass is 308 g/mol. The number of nitrogens with zero attached hydrogens (tertiary/aromatic N) is 1. The van der Waals surface area contributed by atoms with Gasteiger partial charge in [-0.05, 0) is 19.1 Å². The summed E-state index contributed by atoms with van der Waals surface area (Å²) in [5.74, 6) is -0.388. The van der Waals surface area contributed by atoms with Crippen LogP contribution in [0.3, 0.4) is 0 Å². The Labute approximate surface area is 123 Å². The van der Waals surface area contributed by atoms with Crippen LogP contribution in [0.5, 0.6) is 0 Å². The smallest absolute Gasteiger partial charge is 0.249 e. The van der Waals surface area contributed by atoms with Crippen LogP contribution in [-0.2, 0) is 17.2 Å². The second kappa shape index (κ2) is 6.96. The van der Waals surface area contributed by atoms with Gasteiger partial charge in [0.25, 0.3) is 0 Å². The molecule has 0 saturated heterocycles. The summed E-state index contributed by atoms with van der Waals surface area (Å²) >= 11 is 0. The number of hydrogen-bond donors (Lipinski definition) is 1. The fraction of sp³-hybridized carbons (Fsp3) is 0.143. The van der Waals surface area contributed by atoms with E-state index in [9.17, 15) is 17.8 Å². The van der Waals surface area contributed by atoms with E-state index in [4.69, 9.17) is 5.73 Å². The van der Waals surface area contributed by atoms with Crippen LogP contribution in [0.4, 0.5) is 0 Å². The van der Waals surface area contributed by atoms with E-state index in [1.807, 2.05) is 18.5 Å². The van der Waals surface area contributed by atoms with Crippen molar-refractivity contribution < 1.29 is 22.3 Å². The molecule has 1 aromatic heterocycles. The number of carbonyl (C=O) groups is 1. The molecule has 0 radical (unpaired) electrons. The average molecular weight is 308 g/mol. The summed E-state index contributed by atoms with van der Waals surface area (Å²) in [7, 11) is -2.39. The number of amides is 1. The van der Waals surface area contributed by atoms with Crippen molar-refractivity contribution in [2.75, 3.05) is 0 Å². The van der Waals surface area contributed by atoms with Crippen LogP contribution in [0.25, 0.3) is 0 Å². The summed E-state index contributed by atoms with van der Waals surface area (Å²) in [6.45, 7) is 1.82. The molecule has 0 saturated carbocycles. The van der Waals surface area contributed by atoms with Crippen LogP contribution in [0.15, 0.2) is 53.7 Å². The molecule has 1 aromatic carbocycles. The largest absolute Gasteiger partial charge is 0.744 e. The van der Waals surface area contributed by atoms with E-state index >= 15 is 0 Å². The van der Waals surface area contributed by atoms with Gasteiger partial charge in [-0.3, -0.25) is 4.79 Å². The van der Waals surface area contributed by atoms with Crippen molar-refractivity contribution in [3.8, 4) is 0 Å². The molecule has 0 aliphatic carbocycles. The molecule has 6 nitrogen and oxygen atoms in total. The van der Waals surface area contributed by atoms with Gasteiger partial charge < -0.3 is 10.3 Å². The molecule has 7 heteroatoms. The minimum absolute atomic E-state index is 0.178. The quantitative estimate of drug-likeness (QED) is 0.644. The van der Waals surface area contributed by atoms with E-state index in [1.165, 1.54) is 12.1 Å². The highest BCUT2D eigenvalue weighted by Gasteiger charge is 1.99. The predicted octanol–water partition coefficient (Wildman–Crippen LogP) is 0.509. The number of aromatic nitrogens is 1. The van der Waals surface area contributed by atoms with Gasteiger partial charge in [0.05, 0.1) is 10.5 Å². The highest BCUT2D eigenvalue weighted by molar-refractivity contribution is 7.85. The summed E-state index contributed by atoms with van der Waals surface area (Å²) in [5.41, 5.74) is 6.48. The summed E-state index contributed by atoms with van der Waals surface area (Å²) in [4.78, 5) is 10.3. The Morgan fingerprint density at radius 2 is 1.57 bits per heavy atom. The van der Waals surface area contributed by atoms with Crippen LogP contribution in [0.1, 0.15) is 15.9 Å². The zero-order valence-corrected chi connectivity index (χ0v) is 12.5. The van der Waals surface area contributed by atoms with Crippen molar-refractivity contribution >= 4 is 16.0 Å². The Balaban J connectivity index is 0.000000211. The standard InChI is InChI=1S/C7H8N2O.C7H8O3S/c1-9-4-2-6(3-5-9)7(8)10;1-6-2-4-7(5-3-6)11(8,9)10/h2-5H,1H3,(H-,8,10);2-5H,1H3,(H,8,9,10). The first-order chi connectivity index (χ1) is 9.70. The molecule has 0 bridgehead atoms. The number of nitrogens with two attached hydrogens (primary N) is 1. The van der Waals surface area contributed by atoms with Crippen molar-refractivity contribution in [2.24, 2.45) is 12.8 Å². The summed E-state index contributed by atoms with van der Waals surface area (Å²) in [6.07, 6.45) is 3.56. The molecule has 0 aliphatic rings. The first kappa shape index (κ1) is 16.8. The second-order valence-electron chi connectivity index (χ2n) is 4.38. The van der Waals surface area contributed by atoms with E-state index < -0.39 is 10.1 Å². The maximum atomic E-state index is 10.5. The van der Waals surface area contributed by atoms with Gasteiger partial charge in [0.15, 0.2) is 12.4 Å². The topological polar surface area (TPSA) is 104 Å².